The zero-order valence-corrected chi connectivity index (χ0v) is 10.6. The molecule has 0 atom stereocenters. The van der Waals surface area contributed by atoms with Crippen molar-refractivity contribution in [3.05, 3.63) is 0 Å². The average molecular weight is 214 g/mol. The second kappa shape index (κ2) is 5.29. The van der Waals surface area contributed by atoms with Crippen LogP contribution < -0.4 is 0 Å². The Morgan fingerprint density at radius 1 is 1.13 bits per heavy atom. The van der Waals surface area contributed by atoms with Crippen LogP contribution in [0.5, 0.6) is 0 Å². The highest BCUT2D eigenvalue weighted by Gasteiger charge is 2.38. The number of hydrogen-bond acceptors (Lipinski definition) is 3. The maximum atomic E-state index is 11.7. The van der Waals surface area contributed by atoms with Crippen molar-refractivity contribution in [3.63, 3.8) is 0 Å². The second-order valence-electron chi connectivity index (χ2n) is 5.14. The van der Waals surface area contributed by atoms with E-state index in [1.54, 1.807) is 27.7 Å². The third-order valence-corrected chi connectivity index (χ3v) is 2.20. The number of Topliss-reactive ketones (excluding diaryl/α,β-unsaturated/α-hetero) is 1. The Kier molecular flexibility index (Phi) is 4.98. The quantitative estimate of drug-likeness (QED) is 0.521. The fourth-order valence-electron chi connectivity index (χ4n) is 1.25. The molecule has 0 aliphatic rings. The van der Waals surface area contributed by atoms with E-state index in [1.807, 2.05) is 13.8 Å². The third kappa shape index (κ3) is 4.02. The summed E-state index contributed by atoms with van der Waals surface area (Å²) in [6, 6.07) is 0. The highest BCUT2D eigenvalue weighted by molar-refractivity contribution is 6.03. The van der Waals surface area contributed by atoms with Crippen molar-refractivity contribution in [2.24, 2.45) is 17.3 Å². The summed E-state index contributed by atoms with van der Waals surface area (Å²) >= 11 is 0. The number of rotatable bonds is 5. The summed E-state index contributed by atoms with van der Waals surface area (Å²) in [5, 5.41) is 0. The molecule has 0 aromatic heterocycles. The first-order chi connectivity index (χ1) is 6.69. The molecule has 0 radical (unpaired) electrons. The SMILES string of the molecule is CC(C)COC(=O)C(C)(C)C(=O)C(C)C. The summed E-state index contributed by atoms with van der Waals surface area (Å²) in [6.07, 6.45) is 0. The molecule has 0 saturated carbocycles. The predicted molar refractivity (Wildman–Crippen MR) is 59.4 cm³/mol. The third-order valence-electron chi connectivity index (χ3n) is 2.20. The molecular weight excluding hydrogens is 192 g/mol. The first-order valence-electron chi connectivity index (χ1n) is 5.41. The Morgan fingerprint density at radius 2 is 1.60 bits per heavy atom. The lowest BCUT2D eigenvalue weighted by molar-refractivity contribution is -0.160. The number of ether oxygens (including phenoxy) is 1. The van der Waals surface area contributed by atoms with Gasteiger partial charge >= 0.3 is 5.97 Å². The molecule has 0 amide bonds. The molecule has 0 N–H and O–H groups in total. The summed E-state index contributed by atoms with van der Waals surface area (Å²) in [7, 11) is 0. The van der Waals surface area contributed by atoms with E-state index in [1.165, 1.54) is 0 Å². The fraction of sp³-hybridized carbons (Fsp3) is 0.833. The lowest BCUT2D eigenvalue weighted by atomic mass is 9.82. The summed E-state index contributed by atoms with van der Waals surface area (Å²) in [4.78, 5) is 23.4. The van der Waals surface area contributed by atoms with Gasteiger partial charge in [0.15, 0.2) is 5.78 Å². The van der Waals surface area contributed by atoms with E-state index >= 15 is 0 Å². The van der Waals surface area contributed by atoms with Crippen molar-refractivity contribution in [1.29, 1.82) is 0 Å². The van der Waals surface area contributed by atoms with Crippen LogP contribution in [0.3, 0.4) is 0 Å². The van der Waals surface area contributed by atoms with Crippen LogP contribution in [-0.2, 0) is 14.3 Å². The largest absolute Gasteiger partial charge is 0.465 e. The monoisotopic (exact) mass is 214 g/mol. The first kappa shape index (κ1) is 14.1. The van der Waals surface area contributed by atoms with Crippen molar-refractivity contribution in [3.8, 4) is 0 Å². The number of carbonyl (C=O) groups is 2. The Hall–Kier alpha value is -0.860. The van der Waals surface area contributed by atoms with Crippen LogP contribution in [0.2, 0.25) is 0 Å². The zero-order valence-electron chi connectivity index (χ0n) is 10.6. The highest BCUT2D eigenvalue weighted by atomic mass is 16.5. The minimum atomic E-state index is -1.02. The molecule has 0 heterocycles. The Labute approximate surface area is 92.2 Å². The van der Waals surface area contributed by atoms with Gasteiger partial charge in [-0.25, -0.2) is 0 Å². The van der Waals surface area contributed by atoms with Crippen molar-refractivity contribution in [1.82, 2.24) is 0 Å². The standard InChI is InChI=1S/C12H22O3/c1-8(2)7-15-11(14)12(5,6)10(13)9(3)4/h8-9H,7H2,1-6H3. The van der Waals surface area contributed by atoms with Gasteiger partial charge in [-0.05, 0) is 19.8 Å². The molecular formula is C12H22O3. The van der Waals surface area contributed by atoms with Crippen LogP contribution in [0.1, 0.15) is 41.5 Å². The van der Waals surface area contributed by atoms with Crippen molar-refractivity contribution < 1.29 is 14.3 Å². The Morgan fingerprint density at radius 3 is 1.93 bits per heavy atom. The molecule has 88 valence electrons. The van der Waals surface area contributed by atoms with Crippen LogP contribution >= 0.6 is 0 Å². The normalized spacial score (nSPS) is 12.0. The van der Waals surface area contributed by atoms with Gasteiger partial charge in [-0.3, -0.25) is 9.59 Å². The van der Waals surface area contributed by atoms with E-state index in [0.717, 1.165) is 0 Å². The molecule has 0 bridgehead atoms. The number of carbonyl (C=O) groups excluding carboxylic acids is 2. The van der Waals surface area contributed by atoms with E-state index in [9.17, 15) is 9.59 Å². The molecule has 0 rings (SSSR count). The van der Waals surface area contributed by atoms with Crippen molar-refractivity contribution in [2.45, 2.75) is 41.5 Å². The minimum absolute atomic E-state index is 0.0729. The topological polar surface area (TPSA) is 43.4 Å². The minimum Gasteiger partial charge on any atom is -0.465 e. The molecule has 15 heavy (non-hydrogen) atoms. The van der Waals surface area contributed by atoms with Gasteiger partial charge in [0.1, 0.15) is 5.41 Å². The zero-order chi connectivity index (χ0) is 12.2. The van der Waals surface area contributed by atoms with Gasteiger partial charge in [0.2, 0.25) is 0 Å². The van der Waals surface area contributed by atoms with E-state index < -0.39 is 11.4 Å². The van der Waals surface area contributed by atoms with Gasteiger partial charge in [0, 0.05) is 5.92 Å². The molecule has 3 nitrogen and oxygen atoms in total. The second-order valence-corrected chi connectivity index (χ2v) is 5.14. The molecule has 3 heteroatoms. The molecule has 0 spiro atoms. The lowest BCUT2D eigenvalue weighted by Crippen LogP contribution is -2.38. The van der Waals surface area contributed by atoms with E-state index in [2.05, 4.69) is 0 Å². The molecule has 0 aliphatic carbocycles. The van der Waals surface area contributed by atoms with Crippen LogP contribution in [0.25, 0.3) is 0 Å². The van der Waals surface area contributed by atoms with Gasteiger partial charge in [0.05, 0.1) is 6.61 Å². The maximum absolute atomic E-state index is 11.7. The lowest BCUT2D eigenvalue weighted by Gasteiger charge is -2.23. The molecule has 0 unspecified atom stereocenters. The van der Waals surface area contributed by atoms with E-state index in [-0.39, 0.29) is 11.7 Å². The number of esters is 1. The molecule has 0 aromatic rings. The molecule has 0 aromatic carbocycles. The van der Waals surface area contributed by atoms with E-state index in [0.29, 0.717) is 12.5 Å². The van der Waals surface area contributed by atoms with Crippen LogP contribution in [0.4, 0.5) is 0 Å². The summed E-state index contributed by atoms with van der Waals surface area (Å²) in [5.41, 5.74) is -1.02. The summed E-state index contributed by atoms with van der Waals surface area (Å²) in [5.74, 6) is -0.350. The molecule has 0 aliphatic heterocycles. The van der Waals surface area contributed by atoms with Gasteiger partial charge in [-0.1, -0.05) is 27.7 Å². The van der Waals surface area contributed by atoms with Gasteiger partial charge in [-0.2, -0.15) is 0 Å². The van der Waals surface area contributed by atoms with Crippen LogP contribution in [0, 0.1) is 17.3 Å². The van der Waals surface area contributed by atoms with Crippen molar-refractivity contribution in [2.75, 3.05) is 6.61 Å². The van der Waals surface area contributed by atoms with Gasteiger partial charge in [-0.15, -0.1) is 0 Å². The number of ketones is 1. The van der Waals surface area contributed by atoms with Crippen LogP contribution in [-0.4, -0.2) is 18.4 Å². The van der Waals surface area contributed by atoms with E-state index in [4.69, 9.17) is 4.74 Å². The summed E-state index contributed by atoms with van der Waals surface area (Å²) < 4.78 is 5.08. The maximum Gasteiger partial charge on any atom is 0.319 e. The molecule has 0 fully saturated rings. The predicted octanol–water partition coefficient (Wildman–Crippen LogP) is 2.44. The molecule has 0 saturated heterocycles. The average Bonchev–Trinajstić information content (AvgIpc) is 2.12. The first-order valence-corrected chi connectivity index (χ1v) is 5.41. The van der Waals surface area contributed by atoms with Gasteiger partial charge in [0.25, 0.3) is 0 Å². The van der Waals surface area contributed by atoms with Crippen molar-refractivity contribution >= 4 is 11.8 Å². The highest BCUT2D eigenvalue weighted by Crippen LogP contribution is 2.23. The van der Waals surface area contributed by atoms with Gasteiger partial charge < -0.3 is 4.74 Å². The van der Waals surface area contributed by atoms with Crippen LogP contribution in [0.15, 0.2) is 0 Å². The number of hydrogen-bond donors (Lipinski definition) is 0. The Bertz CT molecular complexity index is 239. The smallest absolute Gasteiger partial charge is 0.319 e. The Balaban J connectivity index is 4.45. The fourth-order valence-corrected chi connectivity index (χ4v) is 1.25. The summed E-state index contributed by atoms with van der Waals surface area (Å²) in [6.45, 7) is 11.1.